The van der Waals surface area contributed by atoms with Gasteiger partial charge in [0.1, 0.15) is 29.0 Å². The van der Waals surface area contributed by atoms with Crippen molar-refractivity contribution in [1.29, 1.82) is 5.26 Å². The van der Waals surface area contributed by atoms with Crippen LogP contribution in [0, 0.1) is 17.1 Å². The van der Waals surface area contributed by atoms with Crippen LogP contribution in [-0.4, -0.2) is 11.6 Å². The van der Waals surface area contributed by atoms with Crippen LogP contribution >= 0.6 is 0 Å². The Kier molecular flexibility index (Phi) is 5.14. The summed E-state index contributed by atoms with van der Waals surface area (Å²) < 4.78 is 18.8. The predicted octanol–water partition coefficient (Wildman–Crippen LogP) is 4.80. The van der Waals surface area contributed by atoms with E-state index in [0.29, 0.717) is 23.4 Å². The zero-order chi connectivity index (χ0) is 18.5. The average molecular weight is 347 g/mol. The lowest BCUT2D eigenvalue weighted by molar-refractivity contribution is 0.317. The van der Waals surface area contributed by atoms with Crippen LogP contribution in [0.3, 0.4) is 0 Å². The van der Waals surface area contributed by atoms with Crippen LogP contribution in [0.25, 0.3) is 22.4 Å². The molecule has 2 N–H and O–H groups in total. The van der Waals surface area contributed by atoms with Crippen LogP contribution in [0.1, 0.15) is 18.9 Å². The molecular weight excluding hydrogens is 329 g/mol. The maximum Gasteiger partial charge on any atom is 0.142 e. The molecule has 0 amide bonds. The average Bonchev–Trinajstić information content (AvgIpc) is 2.66. The Balaban J connectivity index is 2.05. The summed E-state index contributed by atoms with van der Waals surface area (Å²) in [5.41, 5.74) is 9.15. The van der Waals surface area contributed by atoms with E-state index in [1.165, 1.54) is 12.1 Å². The molecule has 4 nitrogen and oxygen atoms in total. The Bertz CT molecular complexity index is 945. The molecule has 0 saturated carbocycles. The van der Waals surface area contributed by atoms with E-state index in [1.54, 1.807) is 18.2 Å². The minimum atomic E-state index is -0.321. The Labute approximate surface area is 151 Å². The Morgan fingerprint density at radius 3 is 2.35 bits per heavy atom. The minimum absolute atomic E-state index is 0.149. The maximum atomic E-state index is 13.2. The Morgan fingerprint density at radius 2 is 1.73 bits per heavy atom. The lowest BCUT2D eigenvalue weighted by Crippen LogP contribution is -2.00. The van der Waals surface area contributed by atoms with Crippen molar-refractivity contribution < 1.29 is 9.13 Å². The number of benzene rings is 2. The van der Waals surface area contributed by atoms with E-state index >= 15 is 0 Å². The van der Waals surface area contributed by atoms with Gasteiger partial charge in [0.25, 0.3) is 0 Å². The molecule has 1 heterocycles. The second-order valence-electron chi connectivity index (χ2n) is 5.81. The number of anilines is 1. The number of nitriles is 1. The summed E-state index contributed by atoms with van der Waals surface area (Å²) in [5, 5.41) is 9.48. The fourth-order valence-electron chi connectivity index (χ4n) is 2.63. The van der Waals surface area contributed by atoms with Crippen molar-refractivity contribution in [2.24, 2.45) is 0 Å². The molecular formula is C21H18FN3O. The fourth-order valence-corrected chi connectivity index (χ4v) is 2.63. The van der Waals surface area contributed by atoms with Crippen LogP contribution < -0.4 is 10.5 Å². The molecule has 0 bridgehead atoms. The first kappa shape index (κ1) is 17.4. The number of pyridine rings is 1. The summed E-state index contributed by atoms with van der Waals surface area (Å²) in [6, 6.07) is 17.4. The van der Waals surface area contributed by atoms with Crippen LogP contribution in [0.15, 0.2) is 54.6 Å². The van der Waals surface area contributed by atoms with Crippen molar-refractivity contribution in [1.82, 2.24) is 4.98 Å². The van der Waals surface area contributed by atoms with Crippen molar-refractivity contribution in [3.8, 4) is 34.2 Å². The molecule has 0 aliphatic heterocycles. The van der Waals surface area contributed by atoms with Gasteiger partial charge in [-0.3, -0.25) is 0 Å². The second kappa shape index (κ2) is 7.66. The standard InChI is InChI=1S/C21H18FN3O/c1-2-11-26-17-9-5-14(6-10-17)18-12-20(25-21(24)19(18)13-23)15-3-7-16(22)8-4-15/h3-10,12H,2,11H2,1H3,(H2,24,25). The molecule has 0 aliphatic carbocycles. The highest BCUT2D eigenvalue weighted by Crippen LogP contribution is 2.32. The van der Waals surface area contributed by atoms with Crippen molar-refractivity contribution in [2.45, 2.75) is 13.3 Å². The molecule has 5 heteroatoms. The third kappa shape index (κ3) is 3.65. The number of hydrogen-bond acceptors (Lipinski definition) is 4. The number of nitrogens with zero attached hydrogens (tertiary/aromatic N) is 2. The highest BCUT2D eigenvalue weighted by atomic mass is 19.1. The Hall–Kier alpha value is -3.39. The number of nitrogen functional groups attached to an aromatic ring is 1. The van der Waals surface area contributed by atoms with E-state index in [2.05, 4.69) is 11.1 Å². The summed E-state index contributed by atoms with van der Waals surface area (Å²) in [4.78, 5) is 4.30. The first-order chi connectivity index (χ1) is 12.6. The largest absolute Gasteiger partial charge is 0.494 e. The molecule has 26 heavy (non-hydrogen) atoms. The van der Waals surface area contributed by atoms with Gasteiger partial charge in [0, 0.05) is 11.1 Å². The van der Waals surface area contributed by atoms with E-state index in [0.717, 1.165) is 23.3 Å². The van der Waals surface area contributed by atoms with Crippen LogP contribution in [0.5, 0.6) is 5.75 Å². The lowest BCUT2D eigenvalue weighted by Gasteiger charge is -2.11. The molecule has 3 rings (SSSR count). The first-order valence-corrected chi connectivity index (χ1v) is 8.32. The Morgan fingerprint density at radius 1 is 1.08 bits per heavy atom. The van der Waals surface area contributed by atoms with Gasteiger partial charge >= 0.3 is 0 Å². The van der Waals surface area contributed by atoms with Gasteiger partial charge in [0.05, 0.1) is 12.3 Å². The minimum Gasteiger partial charge on any atom is -0.494 e. The van der Waals surface area contributed by atoms with E-state index in [-0.39, 0.29) is 11.6 Å². The van der Waals surface area contributed by atoms with Gasteiger partial charge in [-0.15, -0.1) is 0 Å². The fraction of sp³-hybridized carbons (Fsp3) is 0.143. The molecule has 2 aromatic carbocycles. The molecule has 130 valence electrons. The number of halogens is 1. The molecule has 0 aliphatic rings. The second-order valence-corrected chi connectivity index (χ2v) is 5.81. The smallest absolute Gasteiger partial charge is 0.142 e. The predicted molar refractivity (Wildman–Crippen MR) is 100.0 cm³/mol. The third-order valence-electron chi connectivity index (χ3n) is 3.94. The molecule has 0 spiro atoms. The van der Waals surface area contributed by atoms with Crippen molar-refractivity contribution >= 4 is 5.82 Å². The van der Waals surface area contributed by atoms with Gasteiger partial charge in [-0.25, -0.2) is 9.37 Å². The van der Waals surface area contributed by atoms with Gasteiger partial charge in [-0.1, -0.05) is 19.1 Å². The number of hydrogen-bond donors (Lipinski definition) is 1. The summed E-state index contributed by atoms with van der Waals surface area (Å²) in [7, 11) is 0. The number of ether oxygens (including phenoxy) is 1. The third-order valence-corrected chi connectivity index (χ3v) is 3.94. The van der Waals surface area contributed by atoms with E-state index in [1.807, 2.05) is 31.2 Å². The zero-order valence-corrected chi connectivity index (χ0v) is 14.4. The molecule has 0 fully saturated rings. The van der Waals surface area contributed by atoms with E-state index in [9.17, 15) is 9.65 Å². The molecule has 0 saturated heterocycles. The summed E-state index contributed by atoms with van der Waals surface area (Å²) in [5.74, 6) is 0.601. The molecule has 3 aromatic rings. The zero-order valence-electron chi connectivity index (χ0n) is 14.4. The monoisotopic (exact) mass is 347 g/mol. The highest BCUT2D eigenvalue weighted by Gasteiger charge is 2.13. The summed E-state index contributed by atoms with van der Waals surface area (Å²) >= 11 is 0. The maximum absolute atomic E-state index is 13.2. The SMILES string of the molecule is CCCOc1ccc(-c2cc(-c3ccc(F)cc3)nc(N)c2C#N)cc1. The van der Waals surface area contributed by atoms with Gasteiger partial charge in [-0.05, 0) is 54.4 Å². The van der Waals surface area contributed by atoms with Crippen molar-refractivity contribution in [3.05, 3.63) is 66.0 Å². The summed E-state index contributed by atoms with van der Waals surface area (Å²) in [6.45, 7) is 2.70. The first-order valence-electron chi connectivity index (χ1n) is 8.32. The van der Waals surface area contributed by atoms with E-state index in [4.69, 9.17) is 10.5 Å². The van der Waals surface area contributed by atoms with Gasteiger partial charge in [-0.2, -0.15) is 5.26 Å². The van der Waals surface area contributed by atoms with Gasteiger partial charge in [0.2, 0.25) is 0 Å². The topological polar surface area (TPSA) is 71.9 Å². The van der Waals surface area contributed by atoms with Crippen LogP contribution in [0.2, 0.25) is 0 Å². The number of nitrogens with two attached hydrogens (primary N) is 1. The molecule has 1 aromatic heterocycles. The number of rotatable bonds is 5. The molecule has 0 unspecified atom stereocenters. The van der Waals surface area contributed by atoms with Gasteiger partial charge < -0.3 is 10.5 Å². The number of aromatic nitrogens is 1. The normalized spacial score (nSPS) is 10.3. The van der Waals surface area contributed by atoms with Gasteiger partial charge in [0.15, 0.2) is 0 Å². The van der Waals surface area contributed by atoms with E-state index < -0.39 is 0 Å². The quantitative estimate of drug-likeness (QED) is 0.720. The lowest BCUT2D eigenvalue weighted by atomic mass is 9.98. The van der Waals surface area contributed by atoms with Crippen LogP contribution in [-0.2, 0) is 0 Å². The van der Waals surface area contributed by atoms with Crippen molar-refractivity contribution in [2.75, 3.05) is 12.3 Å². The van der Waals surface area contributed by atoms with Crippen LogP contribution in [0.4, 0.5) is 10.2 Å². The highest BCUT2D eigenvalue weighted by molar-refractivity contribution is 5.80. The summed E-state index contributed by atoms with van der Waals surface area (Å²) in [6.07, 6.45) is 0.933. The molecule has 0 atom stereocenters. The molecule has 0 radical (unpaired) electrons. The van der Waals surface area contributed by atoms with Crippen molar-refractivity contribution in [3.63, 3.8) is 0 Å².